The van der Waals surface area contributed by atoms with Crippen LogP contribution in [0.5, 0.6) is 0 Å². The molecule has 8 heteroatoms. The Balaban J connectivity index is 0.00000312. The molecule has 0 unspecified atom stereocenters. The van der Waals surface area contributed by atoms with Crippen LogP contribution in [0.25, 0.3) is 0 Å². The van der Waals surface area contributed by atoms with Crippen molar-refractivity contribution in [3.05, 3.63) is 35.6 Å². The molecule has 0 saturated heterocycles. The van der Waals surface area contributed by atoms with E-state index in [4.69, 9.17) is 0 Å². The summed E-state index contributed by atoms with van der Waals surface area (Å²) in [6.07, 6.45) is 1.98. The number of nitrogens with zero attached hydrogens (tertiary/aromatic N) is 1. The van der Waals surface area contributed by atoms with Gasteiger partial charge >= 0.3 is 0 Å². The number of benzene rings is 1. The molecule has 142 valence electrons. The molecule has 0 spiro atoms. The summed E-state index contributed by atoms with van der Waals surface area (Å²) < 4.78 is 36.5. The highest BCUT2D eigenvalue weighted by Crippen LogP contribution is 2.48. The highest BCUT2D eigenvalue weighted by atomic mass is 127. The topological polar surface area (TPSA) is 70.6 Å². The lowest BCUT2D eigenvalue weighted by Gasteiger charge is -2.16. The zero-order valence-corrected chi connectivity index (χ0v) is 17.9. The largest absolute Gasteiger partial charge is 0.357 e. The molecule has 0 aliphatic heterocycles. The molecule has 0 atom stereocenters. The first-order valence-corrected chi connectivity index (χ1v) is 10.2. The molecule has 2 rings (SSSR count). The average Bonchev–Trinajstić information content (AvgIpc) is 3.34. The first-order chi connectivity index (χ1) is 11.4. The number of halogens is 2. The van der Waals surface area contributed by atoms with E-state index >= 15 is 0 Å². The molecule has 0 radical (unpaired) electrons. The van der Waals surface area contributed by atoms with Gasteiger partial charge in [-0.1, -0.05) is 19.1 Å². The predicted molar refractivity (Wildman–Crippen MR) is 111 cm³/mol. The number of aliphatic imine (C=N–C) groups is 1. The second kappa shape index (κ2) is 9.70. The summed E-state index contributed by atoms with van der Waals surface area (Å²) >= 11 is 0. The summed E-state index contributed by atoms with van der Waals surface area (Å²) in [5.74, 6) is 0.609. The van der Waals surface area contributed by atoms with Gasteiger partial charge in [-0.2, -0.15) is 0 Å². The van der Waals surface area contributed by atoms with Crippen molar-refractivity contribution in [1.82, 2.24) is 10.6 Å². The van der Waals surface area contributed by atoms with Crippen LogP contribution in [0.15, 0.2) is 29.3 Å². The number of nitrogens with one attached hydrogen (secondary N) is 2. The highest BCUT2D eigenvalue weighted by molar-refractivity contribution is 14.0. The Morgan fingerprint density at radius 2 is 2.00 bits per heavy atom. The van der Waals surface area contributed by atoms with Gasteiger partial charge < -0.3 is 10.6 Å². The van der Waals surface area contributed by atoms with Crippen molar-refractivity contribution >= 4 is 39.8 Å². The lowest BCUT2D eigenvalue weighted by Crippen LogP contribution is -2.40. The first-order valence-electron chi connectivity index (χ1n) is 8.39. The van der Waals surface area contributed by atoms with E-state index in [2.05, 4.69) is 15.6 Å². The second-order valence-corrected chi connectivity index (χ2v) is 8.62. The standard InChI is InChI=1S/C17H26FN3O2S.HI/c1-3-19-16(20-10-11-24(22,23)4-2)21-13-17(8-9-17)14-6-5-7-15(18)12-14;/h5-7,12H,3-4,8-11,13H2,1-2H3,(H2,19,20,21);1H. The smallest absolute Gasteiger partial charge is 0.191 e. The van der Waals surface area contributed by atoms with Crippen LogP contribution in [0.3, 0.4) is 0 Å². The number of hydrogen-bond donors (Lipinski definition) is 2. The van der Waals surface area contributed by atoms with Crippen molar-refractivity contribution in [3.8, 4) is 0 Å². The predicted octanol–water partition coefficient (Wildman–Crippen LogP) is 2.47. The summed E-state index contributed by atoms with van der Waals surface area (Å²) in [5, 5.41) is 6.18. The van der Waals surface area contributed by atoms with Crippen molar-refractivity contribution in [2.75, 3.05) is 31.1 Å². The number of hydrogen-bond acceptors (Lipinski definition) is 3. The normalized spacial score (nSPS) is 16.0. The van der Waals surface area contributed by atoms with E-state index in [9.17, 15) is 12.8 Å². The maximum Gasteiger partial charge on any atom is 0.191 e. The fourth-order valence-electron chi connectivity index (χ4n) is 2.55. The van der Waals surface area contributed by atoms with Gasteiger partial charge in [0.05, 0.1) is 12.3 Å². The molecule has 2 N–H and O–H groups in total. The van der Waals surface area contributed by atoms with Gasteiger partial charge in [0.25, 0.3) is 0 Å². The van der Waals surface area contributed by atoms with E-state index in [0.29, 0.717) is 25.6 Å². The molecule has 1 aromatic rings. The third-order valence-corrected chi connectivity index (χ3v) is 6.03. The third kappa shape index (κ3) is 6.73. The van der Waals surface area contributed by atoms with E-state index in [1.165, 1.54) is 6.07 Å². The fraction of sp³-hybridized carbons (Fsp3) is 0.588. The molecule has 25 heavy (non-hydrogen) atoms. The van der Waals surface area contributed by atoms with Crippen LogP contribution < -0.4 is 10.6 Å². The van der Waals surface area contributed by atoms with Crippen LogP contribution in [0.2, 0.25) is 0 Å². The van der Waals surface area contributed by atoms with Gasteiger partial charge in [-0.3, -0.25) is 4.99 Å². The van der Waals surface area contributed by atoms with Crippen molar-refractivity contribution in [1.29, 1.82) is 0 Å². The lowest BCUT2D eigenvalue weighted by atomic mass is 9.96. The van der Waals surface area contributed by atoms with Gasteiger partial charge in [-0.05, 0) is 37.5 Å². The lowest BCUT2D eigenvalue weighted by molar-refractivity contribution is 0.595. The summed E-state index contributed by atoms with van der Waals surface area (Å²) in [4.78, 5) is 4.58. The summed E-state index contributed by atoms with van der Waals surface area (Å²) in [5.41, 5.74) is 0.899. The van der Waals surface area contributed by atoms with Gasteiger partial charge in [0.15, 0.2) is 15.8 Å². The fourth-order valence-corrected chi connectivity index (χ4v) is 3.25. The number of guanidine groups is 1. The van der Waals surface area contributed by atoms with E-state index < -0.39 is 9.84 Å². The molecule has 1 saturated carbocycles. The van der Waals surface area contributed by atoms with Gasteiger partial charge in [0.1, 0.15) is 5.82 Å². The van der Waals surface area contributed by atoms with Crippen LogP contribution in [0.1, 0.15) is 32.3 Å². The van der Waals surface area contributed by atoms with Crippen LogP contribution in [0, 0.1) is 5.82 Å². The Morgan fingerprint density at radius 1 is 1.28 bits per heavy atom. The molecule has 0 bridgehead atoms. The minimum absolute atomic E-state index is 0. The first kappa shape index (κ1) is 22.1. The highest BCUT2D eigenvalue weighted by Gasteiger charge is 2.44. The molecule has 1 fully saturated rings. The van der Waals surface area contributed by atoms with Crippen molar-refractivity contribution in [3.63, 3.8) is 0 Å². The Morgan fingerprint density at radius 3 is 2.56 bits per heavy atom. The maximum absolute atomic E-state index is 13.4. The maximum atomic E-state index is 13.4. The number of rotatable bonds is 8. The van der Waals surface area contributed by atoms with E-state index in [-0.39, 0.29) is 46.7 Å². The molecule has 1 aromatic carbocycles. The SMILES string of the molecule is CCNC(=NCC1(c2cccc(F)c2)CC1)NCCS(=O)(=O)CC.I. The van der Waals surface area contributed by atoms with Gasteiger partial charge in [-0.15, -0.1) is 24.0 Å². The molecular weight excluding hydrogens is 456 g/mol. The molecule has 0 heterocycles. The van der Waals surface area contributed by atoms with E-state index in [1.807, 2.05) is 13.0 Å². The minimum Gasteiger partial charge on any atom is -0.357 e. The Bertz CT molecular complexity index is 691. The Kier molecular flexibility index (Phi) is 8.59. The second-order valence-electron chi connectivity index (χ2n) is 6.15. The molecular formula is C17H27FIN3O2S. The summed E-state index contributed by atoms with van der Waals surface area (Å²) in [6, 6.07) is 6.70. The molecule has 0 amide bonds. The van der Waals surface area contributed by atoms with Crippen molar-refractivity contribution in [2.45, 2.75) is 32.1 Å². The van der Waals surface area contributed by atoms with E-state index in [1.54, 1.807) is 19.1 Å². The molecule has 0 aromatic heterocycles. The quantitative estimate of drug-likeness (QED) is 0.339. The van der Waals surface area contributed by atoms with Gasteiger partial charge in [0, 0.05) is 24.3 Å². The van der Waals surface area contributed by atoms with Crippen molar-refractivity contribution < 1.29 is 12.8 Å². The van der Waals surface area contributed by atoms with Gasteiger partial charge in [-0.25, -0.2) is 12.8 Å². The van der Waals surface area contributed by atoms with Crippen molar-refractivity contribution in [2.24, 2.45) is 4.99 Å². The zero-order valence-electron chi connectivity index (χ0n) is 14.7. The minimum atomic E-state index is -3.00. The van der Waals surface area contributed by atoms with Crippen LogP contribution in [0.4, 0.5) is 4.39 Å². The van der Waals surface area contributed by atoms with E-state index in [0.717, 1.165) is 18.4 Å². The van der Waals surface area contributed by atoms with Crippen LogP contribution >= 0.6 is 24.0 Å². The van der Waals surface area contributed by atoms with Crippen LogP contribution in [-0.4, -0.2) is 45.5 Å². The van der Waals surface area contributed by atoms with Crippen LogP contribution in [-0.2, 0) is 15.3 Å². The Labute approximate surface area is 166 Å². The number of sulfone groups is 1. The molecule has 1 aliphatic carbocycles. The summed E-state index contributed by atoms with van der Waals surface area (Å²) in [7, 11) is -3.00. The monoisotopic (exact) mass is 483 g/mol. The average molecular weight is 483 g/mol. The molecule has 1 aliphatic rings. The third-order valence-electron chi connectivity index (χ3n) is 4.32. The van der Waals surface area contributed by atoms with Gasteiger partial charge in [0.2, 0.25) is 0 Å². The summed E-state index contributed by atoms with van der Waals surface area (Å²) in [6.45, 7) is 5.19. The Hall–Kier alpha value is -0.900. The molecule has 5 nitrogen and oxygen atoms in total. The zero-order chi connectivity index (χ0) is 17.6.